The normalized spacial score (nSPS) is 31.7. The van der Waals surface area contributed by atoms with E-state index >= 15 is 0 Å². The van der Waals surface area contributed by atoms with Gasteiger partial charge >= 0.3 is 5.97 Å². The van der Waals surface area contributed by atoms with Crippen molar-refractivity contribution in [3.05, 3.63) is 0 Å². The van der Waals surface area contributed by atoms with Crippen LogP contribution >= 0.6 is 0 Å². The molecule has 7 nitrogen and oxygen atoms in total. The Bertz CT molecular complexity index is 557. The van der Waals surface area contributed by atoms with Crippen LogP contribution in [-0.4, -0.2) is 45.6 Å². The maximum absolute atomic E-state index is 12.9. The van der Waals surface area contributed by atoms with E-state index < -0.39 is 29.6 Å². The Kier molecular flexibility index (Phi) is 4.32. The van der Waals surface area contributed by atoms with E-state index in [4.69, 9.17) is 4.84 Å². The van der Waals surface area contributed by atoms with Crippen molar-refractivity contribution < 1.29 is 24.3 Å². The molecule has 7 heteroatoms. The number of aliphatic carboxylic acids is 1. The molecule has 134 valence electrons. The van der Waals surface area contributed by atoms with Crippen LogP contribution in [0, 0.1) is 17.8 Å². The summed E-state index contributed by atoms with van der Waals surface area (Å²) >= 11 is 0. The summed E-state index contributed by atoms with van der Waals surface area (Å²) in [6.45, 7) is 5.68. The molecule has 3 fully saturated rings. The third-order valence-electron chi connectivity index (χ3n) is 5.58. The van der Waals surface area contributed by atoms with Crippen LogP contribution in [0.15, 0.2) is 0 Å². The molecule has 2 N–H and O–H groups in total. The summed E-state index contributed by atoms with van der Waals surface area (Å²) < 4.78 is 0. The Morgan fingerprint density at radius 1 is 1.29 bits per heavy atom. The highest BCUT2D eigenvalue weighted by Gasteiger charge is 2.55. The number of rotatable bonds is 5. The number of hydrogen-bond donors (Lipinski definition) is 2. The molecule has 1 spiro atoms. The van der Waals surface area contributed by atoms with E-state index in [1.54, 1.807) is 0 Å². The van der Waals surface area contributed by atoms with Gasteiger partial charge in [-0.3, -0.25) is 14.4 Å². The van der Waals surface area contributed by atoms with Crippen molar-refractivity contribution in [2.45, 2.75) is 70.6 Å². The van der Waals surface area contributed by atoms with E-state index in [-0.39, 0.29) is 17.7 Å². The third-order valence-corrected chi connectivity index (χ3v) is 5.58. The van der Waals surface area contributed by atoms with Gasteiger partial charge < -0.3 is 10.4 Å². The van der Waals surface area contributed by atoms with Crippen molar-refractivity contribution in [3.63, 3.8) is 0 Å². The summed E-state index contributed by atoms with van der Waals surface area (Å²) in [7, 11) is 0. The second kappa shape index (κ2) is 6.02. The van der Waals surface area contributed by atoms with Crippen molar-refractivity contribution in [2.75, 3.05) is 0 Å². The molecule has 1 heterocycles. The van der Waals surface area contributed by atoms with Gasteiger partial charge in [-0.1, -0.05) is 20.8 Å². The number of amides is 2. The topological polar surface area (TPSA) is 95.9 Å². The summed E-state index contributed by atoms with van der Waals surface area (Å²) in [4.78, 5) is 42.5. The Morgan fingerprint density at radius 2 is 1.92 bits per heavy atom. The Labute approximate surface area is 141 Å². The fraction of sp³-hybridized carbons (Fsp3) is 0.824. The van der Waals surface area contributed by atoms with Crippen molar-refractivity contribution in [1.29, 1.82) is 0 Å². The lowest BCUT2D eigenvalue weighted by atomic mass is 9.77. The maximum atomic E-state index is 12.9. The van der Waals surface area contributed by atoms with Gasteiger partial charge in [0.05, 0.1) is 5.60 Å². The van der Waals surface area contributed by atoms with Crippen molar-refractivity contribution in [2.24, 2.45) is 17.8 Å². The van der Waals surface area contributed by atoms with Crippen LogP contribution in [0.25, 0.3) is 0 Å². The third kappa shape index (κ3) is 3.01. The zero-order valence-corrected chi connectivity index (χ0v) is 14.4. The first kappa shape index (κ1) is 17.2. The van der Waals surface area contributed by atoms with E-state index in [9.17, 15) is 19.5 Å². The predicted molar refractivity (Wildman–Crippen MR) is 84.6 cm³/mol. The highest BCUT2D eigenvalue weighted by atomic mass is 16.7. The molecule has 0 radical (unpaired) electrons. The maximum Gasteiger partial charge on any atom is 0.329 e. The lowest BCUT2D eigenvalue weighted by Gasteiger charge is -2.37. The summed E-state index contributed by atoms with van der Waals surface area (Å²) in [6, 6.07) is -1.74. The van der Waals surface area contributed by atoms with Gasteiger partial charge in [-0.05, 0) is 37.5 Å². The van der Waals surface area contributed by atoms with Gasteiger partial charge in [0.2, 0.25) is 5.91 Å². The molecular formula is C17H26N2O5. The molecular weight excluding hydrogens is 312 g/mol. The zero-order valence-electron chi connectivity index (χ0n) is 14.4. The number of carboxylic acid groups (broad SMARTS) is 1. The molecule has 0 aromatic heterocycles. The quantitative estimate of drug-likeness (QED) is 0.788. The minimum Gasteiger partial charge on any atom is -0.480 e. The molecule has 0 aromatic rings. The predicted octanol–water partition coefficient (Wildman–Crippen LogP) is 1.32. The number of nitrogens with zero attached hydrogens (tertiary/aromatic N) is 1. The zero-order chi connectivity index (χ0) is 17.6. The minimum atomic E-state index is -1.06. The van der Waals surface area contributed by atoms with Crippen LogP contribution < -0.4 is 5.32 Å². The number of carbonyl (C=O) groups excluding carboxylic acids is 2. The lowest BCUT2D eigenvalue weighted by molar-refractivity contribution is -0.230. The first-order valence-electron chi connectivity index (χ1n) is 8.79. The molecule has 0 bridgehead atoms. The average molecular weight is 338 g/mol. The fourth-order valence-electron chi connectivity index (χ4n) is 3.60. The van der Waals surface area contributed by atoms with Crippen LogP contribution in [0.2, 0.25) is 0 Å². The van der Waals surface area contributed by atoms with Gasteiger partial charge in [-0.25, -0.2) is 9.86 Å². The van der Waals surface area contributed by atoms with Gasteiger partial charge in [-0.15, -0.1) is 0 Å². The van der Waals surface area contributed by atoms with Gasteiger partial charge in [0.15, 0.2) is 6.04 Å². The number of carboxylic acids is 1. The molecule has 1 saturated heterocycles. The average Bonchev–Trinajstić information content (AvgIpc) is 3.05. The van der Waals surface area contributed by atoms with Crippen LogP contribution in [0.5, 0.6) is 0 Å². The fourth-order valence-corrected chi connectivity index (χ4v) is 3.60. The summed E-state index contributed by atoms with van der Waals surface area (Å²) in [5, 5.41) is 13.3. The van der Waals surface area contributed by atoms with Gasteiger partial charge in [0.25, 0.3) is 5.91 Å². The van der Waals surface area contributed by atoms with E-state index in [2.05, 4.69) is 5.32 Å². The molecule has 3 rings (SSSR count). The molecule has 2 unspecified atom stereocenters. The molecule has 2 saturated carbocycles. The smallest absolute Gasteiger partial charge is 0.329 e. The number of hydroxylamine groups is 2. The Hall–Kier alpha value is -1.63. The van der Waals surface area contributed by atoms with Crippen LogP contribution in [0.1, 0.15) is 52.9 Å². The van der Waals surface area contributed by atoms with E-state index in [0.717, 1.165) is 30.7 Å². The Morgan fingerprint density at radius 3 is 2.33 bits per heavy atom. The highest BCUT2D eigenvalue weighted by Crippen LogP contribution is 2.46. The molecule has 1 aliphatic heterocycles. The van der Waals surface area contributed by atoms with Crippen molar-refractivity contribution in [1.82, 2.24) is 10.4 Å². The molecule has 24 heavy (non-hydrogen) atoms. The summed E-state index contributed by atoms with van der Waals surface area (Å²) in [5.74, 6) is -1.47. The minimum absolute atomic E-state index is 0.0354. The van der Waals surface area contributed by atoms with E-state index in [1.807, 2.05) is 20.8 Å². The monoisotopic (exact) mass is 338 g/mol. The van der Waals surface area contributed by atoms with E-state index in [1.165, 1.54) is 0 Å². The van der Waals surface area contributed by atoms with Gasteiger partial charge in [-0.2, -0.15) is 0 Å². The summed E-state index contributed by atoms with van der Waals surface area (Å²) in [5.41, 5.74) is -0.505. The standard InChI is InChI=1S/C17H26N2O5/c1-9(2)13(18-14(20)11-7-10(11)3)15(21)19-12(16(22)23)8-17(24-19)5-4-6-17/h9-13H,4-8H2,1-3H3,(H,18,20)(H,22,23)/t10?,11-,12?,13+/m1/s1. The molecule has 2 aliphatic carbocycles. The number of hydrogen-bond acceptors (Lipinski definition) is 4. The molecule has 4 atom stereocenters. The highest BCUT2D eigenvalue weighted by molar-refractivity contribution is 5.91. The number of carbonyl (C=O) groups is 3. The summed E-state index contributed by atoms with van der Waals surface area (Å²) in [6.07, 6.45) is 3.70. The first-order chi connectivity index (χ1) is 11.2. The lowest BCUT2D eigenvalue weighted by Crippen LogP contribution is -2.54. The SMILES string of the molecule is CC(C)[C@H](NC(=O)[C@@H]1CC1C)C(=O)N1OC2(CCC2)CC1C(=O)O. The number of nitrogens with one attached hydrogen (secondary N) is 1. The second-order valence-corrected chi connectivity index (χ2v) is 7.90. The first-order valence-corrected chi connectivity index (χ1v) is 8.79. The largest absolute Gasteiger partial charge is 0.480 e. The van der Waals surface area contributed by atoms with Gasteiger partial charge in [0.1, 0.15) is 6.04 Å². The second-order valence-electron chi connectivity index (χ2n) is 7.90. The van der Waals surface area contributed by atoms with Crippen LogP contribution in [0.4, 0.5) is 0 Å². The van der Waals surface area contributed by atoms with Crippen LogP contribution in [0.3, 0.4) is 0 Å². The molecule has 0 aromatic carbocycles. The van der Waals surface area contributed by atoms with Gasteiger partial charge in [0, 0.05) is 12.3 Å². The van der Waals surface area contributed by atoms with Crippen molar-refractivity contribution >= 4 is 17.8 Å². The Balaban J connectivity index is 1.73. The van der Waals surface area contributed by atoms with Crippen LogP contribution in [-0.2, 0) is 19.2 Å². The molecule has 3 aliphatic rings. The van der Waals surface area contributed by atoms with E-state index in [0.29, 0.717) is 12.3 Å². The molecule has 2 amide bonds. The van der Waals surface area contributed by atoms with Crippen molar-refractivity contribution in [3.8, 4) is 0 Å².